The Balaban J connectivity index is 2.05. The minimum atomic E-state index is -0.898. The van der Waals surface area contributed by atoms with Crippen LogP contribution in [0.3, 0.4) is 0 Å². The summed E-state index contributed by atoms with van der Waals surface area (Å²) in [7, 11) is 0. The number of nitriles is 1. The van der Waals surface area contributed by atoms with Gasteiger partial charge in [-0.3, -0.25) is 0 Å². The van der Waals surface area contributed by atoms with Crippen LogP contribution in [0.2, 0.25) is 0 Å². The van der Waals surface area contributed by atoms with Crippen molar-refractivity contribution in [1.29, 1.82) is 5.26 Å². The lowest BCUT2D eigenvalue weighted by atomic mass is 9.69. The van der Waals surface area contributed by atoms with E-state index in [4.69, 9.17) is 0 Å². The second-order valence-electron chi connectivity index (χ2n) is 6.45. The Hall–Kier alpha value is -2.25. The summed E-state index contributed by atoms with van der Waals surface area (Å²) in [6.45, 7) is 1.87. The molecule has 124 valence electrons. The third-order valence-electron chi connectivity index (χ3n) is 4.86. The van der Waals surface area contributed by atoms with Crippen LogP contribution in [-0.4, -0.2) is 13.1 Å². The van der Waals surface area contributed by atoms with Crippen LogP contribution in [0.25, 0.3) is 0 Å². The highest BCUT2D eigenvalue weighted by Gasteiger charge is 2.37. The maximum atomic E-state index is 13.4. The van der Waals surface area contributed by atoms with E-state index in [-0.39, 0.29) is 11.6 Å². The minimum Gasteiger partial charge on any atom is -0.316 e. The molecule has 24 heavy (non-hydrogen) atoms. The Morgan fingerprint density at radius 1 is 1.00 bits per heavy atom. The molecule has 0 saturated carbocycles. The summed E-state index contributed by atoms with van der Waals surface area (Å²) in [4.78, 5) is 0. The molecule has 0 radical (unpaired) electrons. The standard InChI is InChI=1S/C20H20F2N2/c21-18-7-3-16(4-8-18)20(14-23,12-15-2-1-11-24-13-15)17-5-9-19(22)10-6-17/h3-10,15,24H,1-2,11-13H2. The van der Waals surface area contributed by atoms with E-state index in [1.165, 1.54) is 24.3 Å². The van der Waals surface area contributed by atoms with Gasteiger partial charge < -0.3 is 5.32 Å². The first-order valence-electron chi connectivity index (χ1n) is 8.28. The summed E-state index contributed by atoms with van der Waals surface area (Å²) in [6, 6.07) is 14.6. The van der Waals surface area contributed by atoms with Gasteiger partial charge in [-0.2, -0.15) is 5.26 Å². The molecule has 1 aliphatic rings. The van der Waals surface area contributed by atoms with Gasteiger partial charge in [-0.05, 0) is 73.7 Å². The topological polar surface area (TPSA) is 35.8 Å². The molecule has 1 atom stereocenters. The van der Waals surface area contributed by atoms with Crippen LogP contribution in [-0.2, 0) is 5.41 Å². The average Bonchev–Trinajstić information content (AvgIpc) is 2.62. The van der Waals surface area contributed by atoms with Gasteiger partial charge in [0.05, 0.1) is 6.07 Å². The van der Waals surface area contributed by atoms with Crippen molar-refractivity contribution >= 4 is 0 Å². The molecule has 1 saturated heterocycles. The quantitative estimate of drug-likeness (QED) is 0.915. The summed E-state index contributed by atoms with van der Waals surface area (Å²) in [6.07, 6.45) is 2.77. The van der Waals surface area contributed by atoms with Crippen LogP contribution >= 0.6 is 0 Å². The number of nitrogens with zero attached hydrogens (tertiary/aromatic N) is 1. The van der Waals surface area contributed by atoms with Gasteiger partial charge in [0.2, 0.25) is 0 Å². The predicted octanol–water partition coefficient (Wildman–Crippen LogP) is 4.16. The van der Waals surface area contributed by atoms with Crippen molar-refractivity contribution in [3.63, 3.8) is 0 Å². The van der Waals surface area contributed by atoms with Gasteiger partial charge in [0.15, 0.2) is 0 Å². The fourth-order valence-electron chi connectivity index (χ4n) is 3.58. The first-order chi connectivity index (χ1) is 11.6. The lowest BCUT2D eigenvalue weighted by Gasteiger charge is -2.34. The highest BCUT2D eigenvalue weighted by atomic mass is 19.1. The summed E-state index contributed by atoms with van der Waals surface area (Å²) in [5.41, 5.74) is 0.609. The molecule has 1 unspecified atom stereocenters. The zero-order valence-corrected chi connectivity index (χ0v) is 13.4. The third kappa shape index (κ3) is 3.32. The van der Waals surface area contributed by atoms with Gasteiger partial charge in [-0.25, -0.2) is 8.78 Å². The summed E-state index contributed by atoms with van der Waals surface area (Å²) in [5.74, 6) is -0.304. The van der Waals surface area contributed by atoms with Crippen molar-refractivity contribution in [2.24, 2.45) is 5.92 Å². The molecule has 0 amide bonds. The molecule has 1 fully saturated rings. The number of rotatable bonds is 4. The highest BCUT2D eigenvalue weighted by molar-refractivity contribution is 5.46. The van der Waals surface area contributed by atoms with Crippen molar-refractivity contribution in [3.8, 4) is 6.07 Å². The molecule has 1 heterocycles. The van der Waals surface area contributed by atoms with E-state index >= 15 is 0 Å². The number of halogens is 2. The van der Waals surface area contributed by atoms with Crippen LogP contribution in [0.1, 0.15) is 30.4 Å². The first kappa shape index (κ1) is 16.6. The van der Waals surface area contributed by atoms with Crippen LogP contribution < -0.4 is 5.32 Å². The van der Waals surface area contributed by atoms with Gasteiger partial charge >= 0.3 is 0 Å². The van der Waals surface area contributed by atoms with Crippen molar-refractivity contribution in [1.82, 2.24) is 5.32 Å². The van der Waals surface area contributed by atoms with E-state index in [2.05, 4.69) is 11.4 Å². The fraction of sp³-hybridized carbons (Fsp3) is 0.350. The number of hydrogen-bond acceptors (Lipinski definition) is 2. The van der Waals surface area contributed by atoms with Crippen LogP contribution in [0, 0.1) is 28.9 Å². The van der Waals surface area contributed by atoms with E-state index in [0.717, 1.165) is 37.1 Å². The Bertz CT molecular complexity index is 665. The molecular formula is C20H20F2N2. The molecule has 1 N–H and O–H groups in total. The normalized spacial score (nSPS) is 18.1. The van der Waals surface area contributed by atoms with Gasteiger partial charge in [0.25, 0.3) is 0 Å². The zero-order valence-electron chi connectivity index (χ0n) is 13.4. The smallest absolute Gasteiger partial charge is 0.123 e. The van der Waals surface area contributed by atoms with Gasteiger partial charge in [-0.1, -0.05) is 24.3 Å². The number of benzene rings is 2. The van der Waals surface area contributed by atoms with E-state index in [1.54, 1.807) is 24.3 Å². The SMILES string of the molecule is N#CC(CC1CCCNC1)(c1ccc(F)cc1)c1ccc(F)cc1. The molecule has 2 aromatic carbocycles. The van der Waals surface area contributed by atoms with Gasteiger partial charge in [0, 0.05) is 0 Å². The van der Waals surface area contributed by atoms with Gasteiger partial charge in [0.1, 0.15) is 17.0 Å². The second-order valence-corrected chi connectivity index (χ2v) is 6.45. The number of hydrogen-bond donors (Lipinski definition) is 1. The van der Waals surface area contributed by atoms with E-state index < -0.39 is 5.41 Å². The first-order valence-corrected chi connectivity index (χ1v) is 8.28. The monoisotopic (exact) mass is 326 g/mol. The molecule has 2 nitrogen and oxygen atoms in total. The zero-order chi connectivity index (χ0) is 17.0. The van der Waals surface area contributed by atoms with E-state index in [1.807, 2.05) is 0 Å². The molecule has 1 aliphatic heterocycles. The van der Waals surface area contributed by atoms with Crippen molar-refractivity contribution in [2.45, 2.75) is 24.7 Å². The molecular weight excluding hydrogens is 306 g/mol. The molecule has 0 spiro atoms. The molecule has 4 heteroatoms. The fourth-order valence-corrected chi connectivity index (χ4v) is 3.58. The van der Waals surface area contributed by atoms with Crippen molar-refractivity contribution < 1.29 is 8.78 Å². The van der Waals surface area contributed by atoms with Crippen molar-refractivity contribution in [2.75, 3.05) is 13.1 Å². The molecule has 0 aromatic heterocycles. The molecule has 3 rings (SSSR count). The summed E-state index contributed by atoms with van der Waals surface area (Å²) < 4.78 is 26.7. The maximum absolute atomic E-state index is 13.4. The largest absolute Gasteiger partial charge is 0.316 e. The Labute approximate surface area is 141 Å². The van der Waals surface area contributed by atoms with Crippen LogP contribution in [0.15, 0.2) is 48.5 Å². The number of nitrogens with one attached hydrogen (secondary N) is 1. The second kappa shape index (κ2) is 7.11. The Kier molecular flexibility index (Phi) is 4.92. The van der Waals surface area contributed by atoms with E-state index in [9.17, 15) is 14.0 Å². The Morgan fingerprint density at radius 2 is 1.54 bits per heavy atom. The summed E-state index contributed by atoms with van der Waals surface area (Å²) in [5, 5.41) is 13.5. The summed E-state index contributed by atoms with van der Waals surface area (Å²) >= 11 is 0. The lowest BCUT2D eigenvalue weighted by molar-refractivity contribution is 0.323. The average molecular weight is 326 g/mol. The van der Waals surface area contributed by atoms with Crippen LogP contribution in [0.5, 0.6) is 0 Å². The number of piperidine rings is 1. The Morgan fingerprint density at radius 3 is 1.96 bits per heavy atom. The highest BCUT2D eigenvalue weighted by Crippen LogP contribution is 2.39. The molecule has 0 aliphatic carbocycles. The van der Waals surface area contributed by atoms with Gasteiger partial charge in [-0.15, -0.1) is 0 Å². The molecule has 2 aromatic rings. The van der Waals surface area contributed by atoms with E-state index in [0.29, 0.717) is 12.3 Å². The maximum Gasteiger partial charge on any atom is 0.123 e. The minimum absolute atomic E-state index is 0.330. The van der Waals surface area contributed by atoms with Crippen LogP contribution in [0.4, 0.5) is 8.78 Å². The molecule has 0 bridgehead atoms. The predicted molar refractivity (Wildman–Crippen MR) is 89.4 cm³/mol. The van der Waals surface area contributed by atoms with Crippen molar-refractivity contribution in [3.05, 3.63) is 71.3 Å². The third-order valence-corrected chi connectivity index (χ3v) is 4.86. The lowest BCUT2D eigenvalue weighted by Crippen LogP contribution is -2.36.